The van der Waals surface area contributed by atoms with Crippen molar-refractivity contribution in [1.29, 1.82) is 0 Å². The lowest BCUT2D eigenvalue weighted by Crippen LogP contribution is -1.72. The second-order valence-corrected chi connectivity index (χ2v) is 2.16. The van der Waals surface area contributed by atoms with Gasteiger partial charge < -0.3 is 4.42 Å². The van der Waals surface area contributed by atoms with Crippen LogP contribution in [0.4, 0.5) is 0 Å². The SMILES string of the molecule is CC/C=C\Cc1ccco1. The zero-order chi connectivity index (χ0) is 7.23. The molecule has 0 unspecified atom stereocenters. The van der Waals surface area contributed by atoms with Crippen molar-refractivity contribution >= 4 is 0 Å². The Morgan fingerprint density at radius 3 is 3.00 bits per heavy atom. The zero-order valence-corrected chi connectivity index (χ0v) is 6.21. The molecular weight excluding hydrogens is 124 g/mol. The Bertz CT molecular complexity index is 185. The minimum atomic E-state index is 0.918. The fraction of sp³-hybridized carbons (Fsp3) is 0.333. The topological polar surface area (TPSA) is 13.1 Å². The predicted molar refractivity (Wildman–Crippen MR) is 41.8 cm³/mol. The van der Waals surface area contributed by atoms with Crippen LogP contribution < -0.4 is 0 Å². The van der Waals surface area contributed by atoms with Crippen LogP contribution >= 0.6 is 0 Å². The van der Waals surface area contributed by atoms with E-state index in [2.05, 4.69) is 19.1 Å². The fourth-order valence-electron chi connectivity index (χ4n) is 0.795. The van der Waals surface area contributed by atoms with E-state index in [0.717, 1.165) is 18.6 Å². The Hall–Kier alpha value is -0.980. The molecule has 0 aromatic carbocycles. The van der Waals surface area contributed by atoms with Crippen LogP contribution in [0.5, 0.6) is 0 Å². The first-order valence-corrected chi connectivity index (χ1v) is 3.61. The molecule has 0 fully saturated rings. The Labute approximate surface area is 61.4 Å². The summed E-state index contributed by atoms with van der Waals surface area (Å²) in [6.45, 7) is 2.12. The third-order valence-electron chi connectivity index (χ3n) is 1.30. The molecule has 0 bridgehead atoms. The van der Waals surface area contributed by atoms with Crippen molar-refractivity contribution in [2.75, 3.05) is 0 Å². The molecule has 1 nitrogen and oxygen atoms in total. The van der Waals surface area contributed by atoms with Gasteiger partial charge in [-0.1, -0.05) is 19.1 Å². The summed E-state index contributed by atoms with van der Waals surface area (Å²) in [5.74, 6) is 1.03. The summed E-state index contributed by atoms with van der Waals surface area (Å²) in [5.41, 5.74) is 0. The average molecular weight is 136 g/mol. The molecule has 54 valence electrons. The third kappa shape index (κ3) is 2.09. The maximum absolute atomic E-state index is 5.13. The van der Waals surface area contributed by atoms with Gasteiger partial charge in [-0.15, -0.1) is 0 Å². The molecule has 0 radical (unpaired) electrons. The van der Waals surface area contributed by atoms with E-state index >= 15 is 0 Å². The smallest absolute Gasteiger partial charge is 0.107 e. The summed E-state index contributed by atoms with van der Waals surface area (Å²) >= 11 is 0. The van der Waals surface area contributed by atoms with Gasteiger partial charge in [0, 0.05) is 6.42 Å². The van der Waals surface area contributed by atoms with Crippen LogP contribution in [0.1, 0.15) is 19.1 Å². The highest BCUT2D eigenvalue weighted by molar-refractivity contribution is 5.03. The van der Waals surface area contributed by atoms with Crippen LogP contribution in [-0.4, -0.2) is 0 Å². The van der Waals surface area contributed by atoms with E-state index < -0.39 is 0 Å². The average Bonchev–Trinajstić information content (AvgIpc) is 2.41. The van der Waals surface area contributed by atoms with Crippen molar-refractivity contribution in [3.05, 3.63) is 36.3 Å². The van der Waals surface area contributed by atoms with Gasteiger partial charge in [-0.2, -0.15) is 0 Å². The van der Waals surface area contributed by atoms with Gasteiger partial charge in [-0.25, -0.2) is 0 Å². The van der Waals surface area contributed by atoms with E-state index in [1.54, 1.807) is 6.26 Å². The quantitative estimate of drug-likeness (QED) is 0.582. The molecule has 0 atom stereocenters. The summed E-state index contributed by atoms with van der Waals surface area (Å²) in [7, 11) is 0. The number of hydrogen-bond acceptors (Lipinski definition) is 1. The summed E-state index contributed by atoms with van der Waals surface area (Å²) in [6, 6.07) is 3.90. The van der Waals surface area contributed by atoms with Gasteiger partial charge in [-0.3, -0.25) is 0 Å². The van der Waals surface area contributed by atoms with Crippen molar-refractivity contribution in [2.45, 2.75) is 19.8 Å². The van der Waals surface area contributed by atoms with Crippen LogP contribution in [0.2, 0.25) is 0 Å². The monoisotopic (exact) mass is 136 g/mol. The predicted octanol–water partition coefficient (Wildman–Crippen LogP) is 2.79. The van der Waals surface area contributed by atoms with Gasteiger partial charge in [0.25, 0.3) is 0 Å². The van der Waals surface area contributed by atoms with Crippen molar-refractivity contribution in [3.8, 4) is 0 Å². The molecule has 0 saturated heterocycles. The largest absolute Gasteiger partial charge is 0.469 e. The highest BCUT2D eigenvalue weighted by Crippen LogP contribution is 2.01. The third-order valence-corrected chi connectivity index (χ3v) is 1.30. The van der Waals surface area contributed by atoms with Crippen LogP contribution in [0.3, 0.4) is 0 Å². The number of furan rings is 1. The second-order valence-electron chi connectivity index (χ2n) is 2.16. The second kappa shape index (κ2) is 3.94. The van der Waals surface area contributed by atoms with Gasteiger partial charge in [0.2, 0.25) is 0 Å². The van der Waals surface area contributed by atoms with E-state index in [-0.39, 0.29) is 0 Å². The molecule has 0 N–H and O–H groups in total. The van der Waals surface area contributed by atoms with Crippen LogP contribution in [0, 0.1) is 0 Å². The number of allylic oxidation sites excluding steroid dienone is 2. The molecule has 1 aromatic rings. The van der Waals surface area contributed by atoms with E-state index in [0.29, 0.717) is 0 Å². The molecule has 0 aliphatic heterocycles. The van der Waals surface area contributed by atoms with E-state index in [9.17, 15) is 0 Å². The highest BCUT2D eigenvalue weighted by atomic mass is 16.3. The molecule has 1 rings (SSSR count). The molecule has 1 aromatic heterocycles. The lowest BCUT2D eigenvalue weighted by Gasteiger charge is -1.85. The van der Waals surface area contributed by atoms with E-state index in [4.69, 9.17) is 4.42 Å². The number of hydrogen-bond donors (Lipinski definition) is 0. The summed E-state index contributed by atoms with van der Waals surface area (Å²) in [6.07, 6.45) is 7.98. The van der Waals surface area contributed by atoms with Gasteiger partial charge in [-0.05, 0) is 18.6 Å². The summed E-state index contributed by atoms with van der Waals surface area (Å²) in [5, 5.41) is 0. The maximum Gasteiger partial charge on any atom is 0.107 e. The molecule has 0 amide bonds. The normalized spacial score (nSPS) is 10.9. The summed E-state index contributed by atoms with van der Waals surface area (Å²) < 4.78 is 5.13. The van der Waals surface area contributed by atoms with Gasteiger partial charge in [0.1, 0.15) is 5.76 Å². The van der Waals surface area contributed by atoms with E-state index in [1.807, 2.05) is 12.1 Å². The lowest BCUT2D eigenvalue weighted by atomic mass is 10.3. The Kier molecular flexibility index (Phi) is 2.81. The van der Waals surface area contributed by atoms with Crippen molar-refractivity contribution in [1.82, 2.24) is 0 Å². The molecule has 0 aliphatic rings. The van der Waals surface area contributed by atoms with Gasteiger partial charge >= 0.3 is 0 Å². The fourth-order valence-corrected chi connectivity index (χ4v) is 0.795. The minimum Gasteiger partial charge on any atom is -0.469 e. The van der Waals surface area contributed by atoms with Crippen molar-refractivity contribution < 1.29 is 4.42 Å². The Balaban J connectivity index is 2.34. The molecular formula is C9H12O. The standard InChI is InChI=1S/C9H12O/c1-2-3-4-6-9-7-5-8-10-9/h3-5,7-8H,2,6H2,1H3/b4-3-. The van der Waals surface area contributed by atoms with Gasteiger partial charge in [0.05, 0.1) is 6.26 Å². The van der Waals surface area contributed by atoms with Crippen LogP contribution in [0.25, 0.3) is 0 Å². The zero-order valence-electron chi connectivity index (χ0n) is 6.21. The van der Waals surface area contributed by atoms with Crippen LogP contribution in [-0.2, 0) is 6.42 Å². The first kappa shape index (κ1) is 7.13. The molecule has 1 heterocycles. The molecule has 10 heavy (non-hydrogen) atoms. The lowest BCUT2D eigenvalue weighted by molar-refractivity contribution is 0.523. The minimum absolute atomic E-state index is 0.918. The van der Waals surface area contributed by atoms with E-state index in [1.165, 1.54) is 0 Å². The number of rotatable bonds is 3. The Morgan fingerprint density at radius 2 is 2.40 bits per heavy atom. The van der Waals surface area contributed by atoms with Crippen molar-refractivity contribution in [2.24, 2.45) is 0 Å². The Morgan fingerprint density at radius 1 is 1.50 bits per heavy atom. The van der Waals surface area contributed by atoms with Gasteiger partial charge in [0.15, 0.2) is 0 Å². The van der Waals surface area contributed by atoms with Crippen molar-refractivity contribution in [3.63, 3.8) is 0 Å². The first-order valence-electron chi connectivity index (χ1n) is 3.61. The molecule has 1 heteroatoms. The van der Waals surface area contributed by atoms with Crippen LogP contribution in [0.15, 0.2) is 35.0 Å². The maximum atomic E-state index is 5.13. The summed E-state index contributed by atoms with van der Waals surface area (Å²) in [4.78, 5) is 0. The molecule has 0 aliphatic carbocycles. The molecule has 0 saturated carbocycles. The molecule has 0 spiro atoms. The first-order chi connectivity index (χ1) is 4.93. The highest BCUT2D eigenvalue weighted by Gasteiger charge is 1.87.